The van der Waals surface area contributed by atoms with Gasteiger partial charge < -0.3 is 15.4 Å². The highest BCUT2D eigenvalue weighted by Gasteiger charge is 2.30. The summed E-state index contributed by atoms with van der Waals surface area (Å²) < 4.78 is 33.2. The van der Waals surface area contributed by atoms with Crippen LogP contribution in [0, 0.1) is 5.92 Å². The number of hydrogen-bond donors (Lipinski definition) is 2. The first-order valence-electron chi connectivity index (χ1n) is 10.7. The standard InChI is InChI=1S/C21H33N3O4S/c1-3-28-19-11-10-17(14-20(19)29(26,27)24-12-6-7-13-24)22-15-21(25)23-18-9-5-4-8-16(18)2/h10-11,14,16,18,22H,3-9,12-13,15H2,1-2H3,(H,23,25)/t16-,18+/m0/s1. The van der Waals surface area contributed by atoms with Crippen LogP contribution < -0.4 is 15.4 Å². The molecule has 0 aromatic heterocycles. The molecule has 3 rings (SSSR count). The minimum atomic E-state index is -3.61. The summed E-state index contributed by atoms with van der Waals surface area (Å²) in [6.45, 7) is 5.58. The van der Waals surface area contributed by atoms with Crippen LogP contribution >= 0.6 is 0 Å². The zero-order valence-electron chi connectivity index (χ0n) is 17.4. The fourth-order valence-corrected chi connectivity index (χ4v) is 5.81. The number of benzene rings is 1. The predicted octanol–water partition coefficient (Wildman–Crippen LogP) is 2.98. The summed E-state index contributed by atoms with van der Waals surface area (Å²) >= 11 is 0. The van der Waals surface area contributed by atoms with Crippen LogP contribution in [0.5, 0.6) is 5.75 Å². The van der Waals surface area contributed by atoms with Gasteiger partial charge in [0.2, 0.25) is 15.9 Å². The van der Waals surface area contributed by atoms with E-state index in [9.17, 15) is 13.2 Å². The Balaban J connectivity index is 1.69. The number of nitrogens with zero attached hydrogens (tertiary/aromatic N) is 1. The Bertz CT molecular complexity index is 806. The number of hydrogen-bond acceptors (Lipinski definition) is 5. The lowest BCUT2D eigenvalue weighted by molar-refractivity contribution is -0.120. The molecular weight excluding hydrogens is 390 g/mol. The van der Waals surface area contributed by atoms with Crippen molar-refractivity contribution in [2.75, 3.05) is 31.6 Å². The predicted molar refractivity (Wildman–Crippen MR) is 114 cm³/mol. The highest BCUT2D eigenvalue weighted by atomic mass is 32.2. The van der Waals surface area contributed by atoms with Crippen LogP contribution in [0.3, 0.4) is 0 Å². The zero-order chi connectivity index (χ0) is 20.9. The minimum Gasteiger partial charge on any atom is -0.492 e. The van der Waals surface area contributed by atoms with E-state index in [1.807, 2.05) is 6.92 Å². The van der Waals surface area contributed by atoms with Gasteiger partial charge >= 0.3 is 0 Å². The molecular formula is C21H33N3O4S. The second-order valence-corrected chi connectivity index (χ2v) is 9.90. The first-order chi connectivity index (χ1) is 13.9. The first-order valence-corrected chi connectivity index (χ1v) is 12.2. The molecule has 2 fully saturated rings. The Morgan fingerprint density at radius 2 is 1.90 bits per heavy atom. The molecule has 1 aliphatic heterocycles. The van der Waals surface area contributed by atoms with Gasteiger partial charge in [0.25, 0.3) is 0 Å². The maximum atomic E-state index is 13.1. The number of carbonyl (C=O) groups is 1. The third kappa shape index (κ3) is 5.42. The van der Waals surface area contributed by atoms with Crippen LogP contribution in [0.15, 0.2) is 23.1 Å². The number of carbonyl (C=O) groups excluding carboxylic acids is 1. The molecule has 1 saturated carbocycles. The van der Waals surface area contributed by atoms with Gasteiger partial charge in [-0.3, -0.25) is 4.79 Å². The van der Waals surface area contributed by atoms with Crippen molar-refractivity contribution in [2.24, 2.45) is 5.92 Å². The van der Waals surface area contributed by atoms with Crippen molar-refractivity contribution in [2.45, 2.75) is 63.3 Å². The lowest BCUT2D eigenvalue weighted by Gasteiger charge is -2.29. The maximum absolute atomic E-state index is 13.1. The second-order valence-electron chi connectivity index (χ2n) is 8.00. The monoisotopic (exact) mass is 423 g/mol. The number of ether oxygens (including phenoxy) is 1. The second kappa shape index (κ2) is 9.80. The summed E-state index contributed by atoms with van der Waals surface area (Å²) in [6, 6.07) is 5.22. The van der Waals surface area contributed by atoms with Crippen molar-refractivity contribution >= 4 is 21.6 Å². The summed E-state index contributed by atoms with van der Waals surface area (Å²) in [6.07, 6.45) is 6.30. The fourth-order valence-electron chi connectivity index (χ4n) is 4.13. The van der Waals surface area contributed by atoms with E-state index < -0.39 is 10.0 Å². The summed E-state index contributed by atoms with van der Waals surface area (Å²) in [4.78, 5) is 12.5. The topological polar surface area (TPSA) is 87.7 Å². The largest absolute Gasteiger partial charge is 0.492 e. The number of anilines is 1. The molecule has 0 bridgehead atoms. The molecule has 8 heteroatoms. The van der Waals surface area contributed by atoms with E-state index in [0.717, 1.165) is 32.1 Å². The maximum Gasteiger partial charge on any atom is 0.246 e. The smallest absolute Gasteiger partial charge is 0.246 e. The van der Waals surface area contributed by atoms with Gasteiger partial charge in [-0.2, -0.15) is 4.31 Å². The van der Waals surface area contributed by atoms with Crippen molar-refractivity contribution in [3.8, 4) is 5.75 Å². The summed E-state index contributed by atoms with van der Waals surface area (Å²) in [7, 11) is -3.61. The zero-order valence-corrected chi connectivity index (χ0v) is 18.3. The Labute approximate surface area is 174 Å². The van der Waals surface area contributed by atoms with Crippen LogP contribution in [0.4, 0.5) is 5.69 Å². The van der Waals surface area contributed by atoms with E-state index in [-0.39, 0.29) is 23.4 Å². The molecule has 7 nitrogen and oxygen atoms in total. The Kier molecular flexibility index (Phi) is 7.40. The molecule has 1 heterocycles. The van der Waals surface area contributed by atoms with Gasteiger partial charge in [-0.15, -0.1) is 0 Å². The minimum absolute atomic E-state index is 0.0680. The van der Waals surface area contributed by atoms with Gasteiger partial charge in [0, 0.05) is 24.8 Å². The van der Waals surface area contributed by atoms with Gasteiger partial charge in [-0.25, -0.2) is 8.42 Å². The van der Waals surface area contributed by atoms with Crippen LogP contribution in [0.25, 0.3) is 0 Å². The van der Waals surface area contributed by atoms with Gasteiger partial charge in [-0.05, 0) is 56.7 Å². The van der Waals surface area contributed by atoms with Crippen molar-refractivity contribution in [1.82, 2.24) is 9.62 Å². The Morgan fingerprint density at radius 1 is 1.17 bits per heavy atom. The molecule has 0 spiro atoms. The third-order valence-corrected chi connectivity index (χ3v) is 7.76. The molecule has 0 unspecified atom stereocenters. The molecule has 0 radical (unpaired) electrons. The van der Waals surface area contributed by atoms with Crippen LogP contribution in [0.1, 0.15) is 52.4 Å². The van der Waals surface area contributed by atoms with Crippen LogP contribution in [0.2, 0.25) is 0 Å². The number of nitrogens with one attached hydrogen (secondary N) is 2. The normalized spacial score (nSPS) is 23.0. The molecule has 1 saturated heterocycles. The quantitative estimate of drug-likeness (QED) is 0.671. The van der Waals surface area contributed by atoms with E-state index in [0.29, 0.717) is 37.1 Å². The van der Waals surface area contributed by atoms with E-state index in [4.69, 9.17) is 4.74 Å². The molecule has 162 valence electrons. The van der Waals surface area contributed by atoms with E-state index in [2.05, 4.69) is 17.6 Å². The van der Waals surface area contributed by atoms with Crippen molar-refractivity contribution in [3.63, 3.8) is 0 Å². The van der Waals surface area contributed by atoms with E-state index >= 15 is 0 Å². The summed E-state index contributed by atoms with van der Waals surface area (Å²) in [5.74, 6) is 0.780. The Hall–Kier alpha value is -1.80. The summed E-state index contributed by atoms with van der Waals surface area (Å²) in [5.41, 5.74) is 0.595. The lowest BCUT2D eigenvalue weighted by atomic mass is 9.86. The van der Waals surface area contributed by atoms with Gasteiger partial charge in [-0.1, -0.05) is 19.8 Å². The van der Waals surface area contributed by atoms with Gasteiger partial charge in [0.05, 0.1) is 13.2 Å². The molecule has 2 atom stereocenters. The molecule has 2 aliphatic rings. The first kappa shape index (κ1) is 21.9. The SMILES string of the molecule is CCOc1ccc(NCC(=O)N[C@@H]2CCCC[C@@H]2C)cc1S(=O)(=O)N1CCCC1. The highest BCUT2D eigenvalue weighted by molar-refractivity contribution is 7.89. The molecule has 1 aromatic rings. The molecule has 2 N–H and O–H groups in total. The third-order valence-electron chi connectivity index (χ3n) is 5.84. The van der Waals surface area contributed by atoms with E-state index in [1.165, 1.54) is 10.7 Å². The number of sulfonamides is 1. The van der Waals surface area contributed by atoms with Crippen molar-refractivity contribution in [1.29, 1.82) is 0 Å². The molecule has 1 aliphatic carbocycles. The van der Waals surface area contributed by atoms with Crippen LogP contribution in [-0.4, -0.2) is 50.9 Å². The molecule has 1 aromatic carbocycles. The number of amides is 1. The fraction of sp³-hybridized carbons (Fsp3) is 0.667. The van der Waals surface area contributed by atoms with Crippen LogP contribution in [-0.2, 0) is 14.8 Å². The Morgan fingerprint density at radius 3 is 2.59 bits per heavy atom. The number of rotatable bonds is 8. The van der Waals surface area contributed by atoms with Crippen molar-refractivity contribution in [3.05, 3.63) is 18.2 Å². The summed E-state index contributed by atoms with van der Waals surface area (Å²) in [5, 5.41) is 6.18. The average molecular weight is 424 g/mol. The molecule has 1 amide bonds. The van der Waals surface area contributed by atoms with E-state index in [1.54, 1.807) is 18.2 Å². The van der Waals surface area contributed by atoms with Gasteiger partial charge in [0.15, 0.2) is 0 Å². The highest BCUT2D eigenvalue weighted by Crippen LogP contribution is 2.31. The molecule has 29 heavy (non-hydrogen) atoms. The average Bonchev–Trinajstić information content (AvgIpc) is 3.25. The van der Waals surface area contributed by atoms with Gasteiger partial charge in [0.1, 0.15) is 10.6 Å². The lowest BCUT2D eigenvalue weighted by Crippen LogP contribution is -2.43. The van der Waals surface area contributed by atoms with Crippen molar-refractivity contribution < 1.29 is 17.9 Å².